The number of hydrogen-bond acceptors (Lipinski definition) is 0. The summed E-state index contributed by atoms with van der Waals surface area (Å²) < 4.78 is 0.258. The molecule has 2 rings (SSSR count). The maximum atomic E-state index is 2.54. The second kappa shape index (κ2) is 6.75. The van der Waals surface area contributed by atoms with Crippen LogP contribution in [0.4, 0.5) is 0 Å². The summed E-state index contributed by atoms with van der Waals surface area (Å²) in [6.07, 6.45) is 14.7. The molecule has 0 radical (unpaired) electrons. The molecule has 2 aliphatic rings. The topological polar surface area (TPSA) is 0 Å². The molecule has 0 amide bonds. The van der Waals surface area contributed by atoms with Crippen LogP contribution in [0.15, 0.2) is 47.6 Å². The quantitative estimate of drug-likeness (QED) is 0.449. The minimum absolute atomic E-state index is 0.129. The molecular formula is C22H34Ni. The van der Waals surface area contributed by atoms with E-state index >= 15 is 0 Å². The Balaban J connectivity index is 2.41. The van der Waals surface area contributed by atoms with E-state index in [0.29, 0.717) is 23.7 Å². The van der Waals surface area contributed by atoms with E-state index in [4.69, 9.17) is 0 Å². The molecule has 0 aromatic heterocycles. The van der Waals surface area contributed by atoms with Crippen LogP contribution in [0, 0.1) is 23.7 Å². The van der Waals surface area contributed by atoms with E-state index in [0.717, 1.165) is 0 Å². The van der Waals surface area contributed by atoms with Crippen LogP contribution in [0.1, 0.15) is 55.4 Å². The fraction of sp³-hybridized carbons (Fsp3) is 0.636. The summed E-state index contributed by atoms with van der Waals surface area (Å²) in [6.45, 7) is 18.6. The van der Waals surface area contributed by atoms with Crippen LogP contribution in [0.5, 0.6) is 0 Å². The Kier molecular flexibility index (Phi) is 5.52. The summed E-state index contributed by atoms with van der Waals surface area (Å²) in [4.78, 5) is 0. The predicted octanol–water partition coefficient (Wildman–Crippen LogP) is 7.00. The zero-order valence-electron chi connectivity index (χ0n) is 16.1. The van der Waals surface area contributed by atoms with Crippen LogP contribution in [-0.2, 0) is 14.4 Å². The zero-order valence-corrected chi connectivity index (χ0v) is 17.1. The van der Waals surface area contributed by atoms with Gasteiger partial charge >= 0.3 is 150 Å². The Labute approximate surface area is 150 Å². The van der Waals surface area contributed by atoms with Crippen LogP contribution in [0.3, 0.4) is 0 Å². The fourth-order valence-corrected chi connectivity index (χ4v) is 5.19. The summed E-state index contributed by atoms with van der Waals surface area (Å²) >= 11 is 1.90. The molecule has 0 aromatic rings. The van der Waals surface area contributed by atoms with Crippen molar-refractivity contribution >= 4 is 0 Å². The molecule has 0 heterocycles. The molecule has 2 unspecified atom stereocenters. The van der Waals surface area contributed by atoms with Crippen LogP contribution in [0.2, 0.25) is 8.77 Å². The first-order valence-electron chi connectivity index (χ1n) is 9.07. The Morgan fingerprint density at radius 3 is 1.22 bits per heavy atom. The summed E-state index contributed by atoms with van der Waals surface area (Å²) in [7, 11) is 0. The molecule has 0 spiro atoms. The molecule has 1 heteroatoms. The van der Waals surface area contributed by atoms with Gasteiger partial charge < -0.3 is 0 Å². The van der Waals surface area contributed by atoms with Gasteiger partial charge in [0.15, 0.2) is 0 Å². The molecule has 0 aliphatic heterocycles. The van der Waals surface area contributed by atoms with Crippen molar-refractivity contribution in [2.45, 2.75) is 64.2 Å². The zero-order chi connectivity index (χ0) is 17.4. The van der Waals surface area contributed by atoms with Crippen LogP contribution < -0.4 is 0 Å². The molecule has 2 aliphatic carbocycles. The molecule has 23 heavy (non-hydrogen) atoms. The van der Waals surface area contributed by atoms with Crippen LogP contribution in [-0.4, -0.2) is 0 Å². The van der Waals surface area contributed by atoms with Crippen molar-refractivity contribution in [3.8, 4) is 0 Å². The molecule has 132 valence electrons. The Morgan fingerprint density at radius 1 is 0.652 bits per heavy atom. The average Bonchev–Trinajstić information content (AvgIpc) is 3.05. The first kappa shape index (κ1) is 18.8. The summed E-state index contributed by atoms with van der Waals surface area (Å²) in [5, 5.41) is 0. The Morgan fingerprint density at radius 2 is 1.00 bits per heavy atom. The van der Waals surface area contributed by atoms with Gasteiger partial charge in [-0.2, -0.15) is 0 Å². The summed E-state index contributed by atoms with van der Waals surface area (Å²) in [6, 6.07) is 0. The van der Waals surface area contributed by atoms with Gasteiger partial charge in [-0.25, -0.2) is 0 Å². The van der Waals surface area contributed by atoms with E-state index in [1.165, 1.54) is 11.1 Å². The third-order valence-electron chi connectivity index (χ3n) is 5.11. The third kappa shape index (κ3) is 3.61. The predicted molar refractivity (Wildman–Crippen MR) is 99.2 cm³/mol. The van der Waals surface area contributed by atoms with Crippen molar-refractivity contribution in [2.24, 2.45) is 23.7 Å². The van der Waals surface area contributed by atoms with E-state index < -0.39 is 0 Å². The van der Waals surface area contributed by atoms with Crippen LogP contribution in [0.25, 0.3) is 0 Å². The van der Waals surface area contributed by atoms with Crippen molar-refractivity contribution < 1.29 is 14.4 Å². The van der Waals surface area contributed by atoms with E-state index in [2.05, 4.69) is 91.8 Å². The number of hydrogen-bond donors (Lipinski definition) is 0. The van der Waals surface area contributed by atoms with Gasteiger partial charge in [-0.3, -0.25) is 0 Å². The van der Waals surface area contributed by atoms with E-state index in [9.17, 15) is 0 Å². The van der Waals surface area contributed by atoms with Gasteiger partial charge in [0, 0.05) is 0 Å². The molecule has 0 nitrogen and oxygen atoms in total. The van der Waals surface area contributed by atoms with Gasteiger partial charge in [0.05, 0.1) is 0 Å². The Bertz CT molecular complexity index is 507. The summed E-state index contributed by atoms with van der Waals surface area (Å²) in [5.74, 6) is 2.39. The molecule has 0 saturated heterocycles. The minimum atomic E-state index is 0.129. The molecule has 2 atom stereocenters. The average molecular weight is 357 g/mol. The Hall–Kier alpha value is -0.546. The van der Waals surface area contributed by atoms with Crippen molar-refractivity contribution in [1.29, 1.82) is 0 Å². The first-order valence-corrected chi connectivity index (χ1v) is 10.1. The van der Waals surface area contributed by atoms with Crippen LogP contribution >= 0.6 is 0 Å². The molecular weight excluding hydrogens is 323 g/mol. The van der Waals surface area contributed by atoms with Gasteiger partial charge in [0.25, 0.3) is 0 Å². The second-order valence-corrected chi connectivity index (χ2v) is 10.2. The van der Waals surface area contributed by atoms with Gasteiger partial charge in [-0.15, -0.1) is 0 Å². The van der Waals surface area contributed by atoms with Gasteiger partial charge in [0.2, 0.25) is 0 Å². The van der Waals surface area contributed by atoms with E-state index in [1.807, 2.05) is 14.4 Å². The third-order valence-corrected chi connectivity index (χ3v) is 7.72. The fourth-order valence-electron chi connectivity index (χ4n) is 3.07. The summed E-state index contributed by atoms with van der Waals surface area (Å²) in [5.41, 5.74) is 2.98. The monoisotopic (exact) mass is 356 g/mol. The van der Waals surface area contributed by atoms with Crippen molar-refractivity contribution in [2.75, 3.05) is 0 Å². The molecule has 0 N–H and O–H groups in total. The number of allylic oxidation sites excluding steroid dienone is 8. The molecule has 0 aromatic carbocycles. The SMILES string of the molecule is CC(C)C1=C[C]([Ni][C]2(C(C)C)C=CC(C(C)C)=C2)(C(C)C)C=C1. The van der Waals surface area contributed by atoms with Crippen molar-refractivity contribution in [3.63, 3.8) is 0 Å². The van der Waals surface area contributed by atoms with Crippen molar-refractivity contribution in [1.82, 2.24) is 0 Å². The molecule has 0 bridgehead atoms. The normalized spacial score (nSPS) is 30.4. The van der Waals surface area contributed by atoms with E-state index in [1.54, 1.807) is 0 Å². The molecule has 0 fully saturated rings. The standard InChI is InChI=1S/2C11H17.Ni/c2*1-8(2)10-5-6-11(7-10)9(3)4;/h2*5-9H,1-4H3;. The van der Waals surface area contributed by atoms with E-state index in [-0.39, 0.29) is 8.77 Å². The first-order chi connectivity index (χ1) is 10.6. The van der Waals surface area contributed by atoms with Gasteiger partial charge in [-0.05, 0) is 0 Å². The van der Waals surface area contributed by atoms with Gasteiger partial charge in [-0.1, -0.05) is 0 Å². The number of rotatable bonds is 6. The second-order valence-electron chi connectivity index (χ2n) is 8.20. The van der Waals surface area contributed by atoms with Crippen molar-refractivity contribution in [3.05, 3.63) is 47.6 Å². The maximum absolute atomic E-state index is 2.54. The molecule has 0 saturated carbocycles. The van der Waals surface area contributed by atoms with Gasteiger partial charge in [0.1, 0.15) is 0 Å².